The van der Waals surface area contributed by atoms with Crippen molar-refractivity contribution in [2.75, 3.05) is 5.52 Å². The van der Waals surface area contributed by atoms with Crippen LogP contribution in [0.1, 0.15) is 43.0 Å². The SMILES string of the molecule is CCc1cc(CC)c(COCBr)c(CC)c1. The zero-order chi connectivity index (χ0) is 12.0. The van der Waals surface area contributed by atoms with E-state index in [1.165, 1.54) is 22.3 Å². The molecular formula is C14H21BrO. The van der Waals surface area contributed by atoms with Gasteiger partial charge in [-0.2, -0.15) is 0 Å². The van der Waals surface area contributed by atoms with Gasteiger partial charge in [0.1, 0.15) is 5.52 Å². The fourth-order valence-corrected chi connectivity index (χ4v) is 2.19. The summed E-state index contributed by atoms with van der Waals surface area (Å²) in [6.45, 7) is 7.36. The number of ether oxygens (including phenoxy) is 1. The van der Waals surface area contributed by atoms with E-state index in [-0.39, 0.29) is 0 Å². The fourth-order valence-electron chi connectivity index (χ4n) is 2.03. The summed E-state index contributed by atoms with van der Waals surface area (Å²) in [6, 6.07) is 4.65. The number of hydrogen-bond donors (Lipinski definition) is 0. The highest BCUT2D eigenvalue weighted by atomic mass is 79.9. The Hall–Kier alpha value is -0.340. The second-order valence-electron chi connectivity index (χ2n) is 3.91. The van der Waals surface area contributed by atoms with Gasteiger partial charge in [0.2, 0.25) is 0 Å². The number of halogens is 1. The monoisotopic (exact) mass is 284 g/mol. The predicted octanol–water partition coefficient (Wildman–Crippen LogP) is 4.24. The van der Waals surface area contributed by atoms with Crippen LogP contribution in [0.4, 0.5) is 0 Å². The first-order valence-corrected chi connectivity index (χ1v) is 7.16. The van der Waals surface area contributed by atoms with Gasteiger partial charge < -0.3 is 4.74 Å². The summed E-state index contributed by atoms with van der Waals surface area (Å²) in [5, 5.41) is 0. The molecule has 0 aliphatic heterocycles. The van der Waals surface area contributed by atoms with Crippen molar-refractivity contribution in [3.05, 3.63) is 34.4 Å². The second kappa shape index (κ2) is 7.08. The maximum Gasteiger partial charge on any atom is 0.102 e. The molecule has 0 saturated carbocycles. The lowest BCUT2D eigenvalue weighted by Gasteiger charge is -2.15. The van der Waals surface area contributed by atoms with Crippen LogP contribution >= 0.6 is 15.9 Å². The molecule has 2 heteroatoms. The molecule has 0 atom stereocenters. The third-order valence-electron chi connectivity index (χ3n) is 2.99. The molecule has 0 N–H and O–H groups in total. The summed E-state index contributed by atoms with van der Waals surface area (Å²) in [4.78, 5) is 0. The second-order valence-corrected chi connectivity index (χ2v) is 4.37. The number of alkyl halides is 1. The minimum atomic E-state index is 0.606. The molecule has 90 valence electrons. The van der Waals surface area contributed by atoms with E-state index >= 15 is 0 Å². The highest BCUT2D eigenvalue weighted by Crippen LogP contribution is 2.21. The predicted molar refractivity (Wildman–Crippen MR) is 73.2 cm³/mol. The minimum Gasteiger partial charge on any atom is -0.366 e. The molecule has 0 saturated heterocycles. The van der Waals surface area contributed by atoms with Crippen molar-refractivity contribution in [3.8, 4) is 0 Å². The highest BCUT2D eigenvalue weighted by molar-refractivity contribution is 9.09. The molecule has 1 aromatic carbocycles. The lowest BCUT2D eigenvalue weighted by Crippen LogP contribution is -2.03. The van der Waals surface area contributed by atoms with Crippen molar-refractivity contribution in [3.63, 3.8) is 0 Å². The molecule has 1 rings (SSSR count). The van der Waals surface area contributed by atoms with Gasteiger partial charge >= 0.3 is 0 Å². The van der Waals surface area contributed by atoms with Crippen LogP contribution in [0, 0.1) is 0 Å². The van der Waals surface area contributed by atoms with Crippen molar-refractivity contribution in [1.29, 1.82) is 0 Å². The van der Waals surface area contributed by atoms with Crippen molar-refractivity contribution >= 4 is 15.9 Å². The first kappa shape index (κ1) is 13.7. The van der Waals surface area contributed by atoms with E-state index in [4.69, 9.17) is 4.74 Å². The molecule has 0 unspecified atom stereocenters. The van der Waals surface area contributed by atoms with Gasteiger partial charge in [-0.25, -0.2) is 0 Å². The van der Waals surface area contributed by atoms with Crippen LogP contribution in [0.5, 0.6) is 0 Å². The summed E-state index contributed by atoms with van der Waals surface area (Å²) >= 11 is 3.31. The summed E-state index contributed by atoms with van der Waals surface area (Å²) in [5.41, 5.74) is 6.32. The maximum absolute atomic E-state index is 5.49. The van der Waals surface area contributed by atoms with E-state index in [1.54, 1.807) is 0 Å². The van der Waals surface area contributed by atoms with E-state index in [0.29, 0.717) is 5.52 Å². The lowest BCUT2D eigenvalue weighted by atomic mass is 9.94. The van der Waals surface area contributed by atoms with Gasteiger partial charge in [0.25, 0.3) is 0 Å². The molecule has 0 heterocycles. The van der Waals surface area contributed by atoms with Crippen LogP contribution in [0.15, 0.2) is 12.1 Å². The summed E-state index contributed by atoms with van der Waals surface area (Å²) in [5.74, 6) is 0. The Balaban J connectivity index is 3.09. The molecule has 16 heavy (non-hydrogen) atoms. The Morgan fingerprint density at radius 3 is 1.94 bits per heavy atom. The number of hydrogen-bond acceptors (Lipinski definition) is 1. The van der Waals surface area contributed by atoms with E-state index in [2.05, 4.69) is 48.8 Å². The largest absolute Gasteiger partial charge is 0.366 e. The molecule has 0 amide bonds. The molecular weight excluding hydrogens is 264 g/mol. The molecule has 0 aromatic heterocycles. The Morgan fingerprint density at radius 1 is 1.00 bits per heavy atom. The van der Waals surface area contributed by atoms with Crippen LogP contribution in [0.2, 0.25) is 0 Å². The maximum atomic E-state index is 5.49. The van der Waals surface area contributed by atoms with Gasteiger partial charge in [-0.15, -0.1) is 0 Å². The third kappa shape index (κ3) is 3.33. The van der Waals surface area contributed by atoms with Crippen LogP contribution in [-0.4, -0.2) is 5.52 Å². The highest BCUT2D eigenvalue weighted by Gasteiger charge is 2.08. The van der Waals surface area contributed by atoms with E-state index in [1.807, 2.05) is 0 Å². The fraction of sp³-hybridized carbons (Fsp3) is 0.571. The summed E-state index contributed by atoms with van der Waals surface area (Å²) in [6.07, 6.45) is 3.28. The third-order valence-corrected chi connectivity index (χ3v) is 3.31. The average molecular weight is 285 g/mol. The molecule has 0 aliphatic rings. The van der Waals surface area contributed by atoms with Crippen molar-refractivity contribution in [2.45, 2.75) is 46.6 Å². The number of benzene rings is 1. The average Bonchev–Trinajstić information content (AvgIpc) is 2.35. The van der Waals surface area contributed by atoms with Crippen molar-refractivity contribution in [2.24, 2.45) is 0 Å². The number of aryl methyl sites for hydroxylation is 3. The molecule has 0 radical (unpaired) electrons. The zero-order valence-corrected chi connectivity index (χ0v) is 12.1. The molecule has 1 nitrogen and oxygen atoms in total. The summed E-state index contributed by atoms with van der Waals surface area (Å²) in [7, 11) is 0. The van der Waals surface area contributed by atoms with Crippen LogP contribution in [0.25, 0.3) is 0 Å². The van der Waals surface area contributed by atoms with Crippen LogP contribution < -0.4 is 0 Å². The molecule has 0 spiro atoms. The van der Waals surface area contributed by atoms with Crippen LogP contribution in [0.3, 0.4) is 0 Å². The van der Waals surface area contributed by atoms with Gasteiger partial charge in [0.15, 0.2) is 0 Å². The van der Waals surface area contributed by atoms with Gasteiger partial charge in [-0.3, -0.25) is 0 Å². The Labute approximate surface area is 107 Å². The quantitative estimate of drug-likeness (QED) is 0.710. The summed E-state index contributed by atoms with van der Waals surface area (Å²) < 4.78 is 5.49. The van der Waals surface area contributed by atoms with Crippen LogP contribution in [-0.2, 0) is 30.6 Å². The Morgan fingerprint density at radius 2 is 1.56 bits per heavy atom. The standard InChI is InChI=1S/C14H21BrO/c1-4-11-7-12(5-2)14(9-16-10-15)13(6-3)8-11/h7-8H,4-6,9-10H2,1-3H3. The van der Waals surface area contributed by atoms with Gasteiger partial charge in [0.05, 0.1) is 6.61 Å². The van der Waals surface area contributed by atoms with Crippen molar-refractivity contribution in [1.82, 2.24) is 0 Å². The van der Waals surface area contributed by atoms with Crippen molar-refractivity contribution < 1.29 is 4.74 Å². The molecule has 0 aliphatic carbocycles. The topological polar surface area (TPSA) is 9.23 Å². The van der Waals surface area contributed by atoms with Gasteiger partial charge in [-0.1, -0.05) is 48.8 Å². The first-order chi connectivity index (χ1) is 7.76. The molecule has 1 aromatic rings. The van der Waals surface area contributed by atoms with Gasteiger partial charge in [-0.05, 0) is 41.5 Å². The lowest BCUT2D eigenvalue weighted by molar-refractivity contribution is 0.171. The van der Waals surface area contributed by atoms with E-state index in [0.717, 1.165) is 25.9 Å². The molecule has 0 bridgehead atoms. The molecule has 0 fully saturated rings. The first-order valence-electron chi connectivity index (χ1n) is 6.03. The normalized spacial score (nSPS) is 10.8. The zero-order valence-electron chi connectivity index (χ0n) is 10.5. The van der Waals surface area contributed by atoms with Gasteiger partial charge in [0, 0.05) is 0 Å². The Bertz CT molecular complexity index is 309. The minimum absolute atomic E-state index is 0.606. The van der Waals surface area contributed by atoms with E-state index < -0.39 is 0 Å². The smallest absolute Gasteiger partial charge is 0.102 e. The Kier molecular flexibility index (Phi) is 6.07. The van der Waals surface area contributed by atoms with E-state index in [9.17, 15) is 0 Å². The number of rotatable bonds is 6.